The number of ether oxygens (including phenoxy) is 3. The number of nitrogens with zero attached hydrogens (tertiary/aromatic N) is 3. The number of aromatic nitrogens is 2. The van der Waals surface area contributed by atoms with Crippen LogP contribution in [0.3, 0.4) is 0 Å². The number of nitrogens with one attached hydrogen (secondary N) is 2. The van der Waals surface area contributed by atoms with E-state index in [1.807, 2.05) is 18.0 Å². The largest absolute Gasteiger partial charge is 0.495 e. The Morgan fingerprint density at radius 2 is 2.03 bits per heavy atom. The summed E-state index contributed by atoms with van der Waals surface area (Å²) >= 11 is 0. The number of likely N-dealkylation sites (N-methyl/N-ethyl adjacent to an activating group) is 1. The molecule has 2 aliphatic heterocycles. The van der Waals surface area contributed by atoms with E-state index in [1.54, 1.807) is 25.1 Å². The molecule has 2 atom stereocenters. The van der Waals surface area contributed by atoms with Gasteiger partial charge in [0.1, 0.15) is 29.4 Å². The predicted octanol–water partition coefficient (Wildman–Crippen LogP) is 4.55. The van der Waals surface area contributed by atoms with E-state index < -0.39 is 17.6 Å². The Morgan fingerprint density at radius 1 is 1.24 bits per heavy atom. The zero-order valence-corrected chi connectivity index (χ0v) is 20.4. The second-order valence-electron chi connectivity index (χ2n) is 8.78. The highest BCUT2D eigenvalue weighted by Gasteiger charge is 2.49. The molecule has 0 aliphatic carbocycles. The number of rotatable bonds is 6. The lowest BCUT2D eigenvalue weighted by molar-refractivity contribution is -0.139. The van der Waals surface area contributed by atoms with Gasteiger partial charge in [-0.15, -0.1) is 0 Å². The SMILES string of the molecule is CNC(=O)c1cc(OC)c(Nc2ncc(C(F)(F)F)c(Oc3cccc4c3C3OC3N(C)C4)n2)cc1C. The van der Waals surface area contributed by atoms with Crippen molar-refractivity contribution in [1.82, 2.24) is 20.2 Å². The number of hydrogen-bond acceptors (Lipinski definition) is 8. The van der Waals surface area contributed by atoms with Gasteiger partial charge >= 0.3 is 6.18 Å². The first-order chi connectivity index (χ1) is 17.6. The molecule has 3 heterocycles. The van der Waals surface area contributed by atoms with Crippen molar-refractivity contribution >= 4 is 17.5 Å². The van der Waals surface area contributed by atoms with Gasteiger partial charge in [-0.1, -0.05) is 12.1 Å². The Morgan fingerprint density at radius 3 is 2.73 bits per heavy atom. The third-order valence-corrected chi connectivity index (χ3v) is 6.29. The third kappa shape index (κ3) is 4.65. The van der Waals surface area contributed by atoms with E-state index in [9.17, 15) is 18.0 Å². The minimum Gasteiger partial charge on any atom is -0.495 e. The normalized spacial score (nSPS) is 18.5. The highest BCUT2D eigenvalue weighted by Crippen LogP contribution is 2.51. The first-order valence-corrected chi connectivity index (χ1v) is 11.4. The summed E-state index contributed by atoms with van der Waals surface area (Å²) in [5, 5.41) is 5.43. The number of fused-ring (bicyclic) bond motifs is 3. The van der Waals surface area contributed by atoms with Gasteiger partial charge in [-0.05, 0) is 43.3 Å². The van der Waals surface area contributed by atoms with Crippen LogP contribution in [0.4, 0.5) is 24.8 Å². The van der Waals surface area contributed by atoms with E-state index in [0.717, 1.165) is 5.56 Å². The van der Waals surface area contributed by atoms with Crippen molar-refractivity contribution in [3.63, 3.8) is 0 Å². The molecule has 0 radical (unpaired) electrons. The zero-order valence-electron chi connectivity index (χ0n) is 20.4. The van der Waals surface area contributed by atoms with Crippen molar-refractivity contribution in [3.8, 4) is 17.4 Å². The number of carbonyl (C=O) groups is 1. The lowest BCUT2D eigenvalue weighted by Gasteiger charge is -2.23. The molecule has 1 fully saturated rings. The van der Waals surface area contributed by atoms with Gasteiger partial charge in [-0.25, -0.2) is 4.98 Å². The maximum atomic E-state index is 13.8. The summed E-state index contributed by atoms with van der Waals surface area (Å²) in [6.45, 7) is 2.31. The van der Waals surface area contributed by atoms with Crippen molar-refractivity contribution < 1.29 is 32.2 Å². The highest BCUT2D eigenvalue weighted by molar-refractivity contribution is 5.96. The Kier molecular flexibility index (Phi) is 6.16. The fourth-order valence-corrected chi connectivity index (χ4v) is 4.41. The van der Waals surface area contributed by atoms with Gasteiger partial charge in [-0.3, -0.25) is 9.69 Å². The second-order valence-corrected chi connectivity index (χ2v) is 8.78. The van der Waals surface area contributed by atoms with Crippen LogP contribution < -0.4 is 20.1 Å². The van der Waals surface area contributed by atoms with E-state index in [-0.39, 0.29) is 35.7 Å². The smallest absolute Gasteiger partial charge is 0.423 e. The van der Waals surface area contributed by atoms with Gasteiger partial charge in [-0.2, -0.15) is 18.2 Å². The fourth-order valence-electron chi connectivity index (χ4n) is 4.41. The Bertz CT molecular complexity index is 1380. The maximum absolute atomic E-state index is 13.8. The molecular formula is C25H24F3N5O4. The van der Waals surface area contributed by atoms with Crippen LogP contribution in [-0.4, -0.2) is 48.2 Å². The van der Waals surface area contributed by atoms with Crippen molar-refractivity contribution in [2.75, 3.05) is 26.5 Å². The second kappa shape index (κ2) is 9.20. The molecule has 2 unspecified atom stereocenters. The third-order valence-electron chi connectivity index (χ3n) is 6.29. The quantitative estimate of drug-likeness (QED) is 0.461. The van der Waals surface area contributed by atoms with Gasteiger partial charge < -0.3 is 24.8 Å². The molecule has 1 amide bonds. The molecule has 0 saturated carbocycles. The molecule has 1 aromatic heterocycles. The summed E-state index contributed by atoms with van der Waals surface area (Å²) in [4.78, 5) is 22.1. The molecule has 2 N–H and O–H groups in total. The molecule has 0 spiro atoms. The van der Waals surface area contributed by atoms with Crippen LogP contribution in [0.15, 0.2) is 36.5 Å². The van der Waals surface area contributed by atoms with Gasteiger partial charge in [0.05, 0.1) is 12.8 Å². The summed E-state index contributed by atoms with van der Waals surface area (Å²) in [5.41, 5.74) is 1.89. The van der Waals surface area contributed by atoms with E-state index in [1.165, 1.54) is 20.2 Å². The lowest BCUT2D eigenvalue weighted by Crippen LogP contribution is -2.26. The number of aryl methyl sites for hydroxylation is 1. The molecule has 1 saturated heterocycles. The number of benzene rings is 2. The standard InChI is InChI=1S/C25H24F3N5O4/c1-12-8-16(18(35-4)9-14(12)21(34)29-2)31-24-30-10-15(25(26,27)28)22(32-24)36-17-7-5-6-13-11-33(3)23-20(37-23)19(13)17/h5-10,20,23H,11H2,1-4H3,(H,29,34)(H,30,31,32). The minimum atomic E-state index is -4.75. The topological polar surface area (TPSA) is 101 Å². The predicted molar refractivity (Wildman–Crippen MR) is 127 cm³/mol. The number of methoxy groups -OCH3 is 1. The fraction of sp³-hybridized carbons (Fsp3) is 0.320. The molecule has 0 bridgehead atoms. The van der Waals surface area contributed by atoms with Crippen molar-refractivity contribution in [1.29, 1.82) is 0 Å². The summed E-state index contributed by atoms with van der Waals surface area (Å²) in [6, 6.07) is 8.37. The zero-order chi connectivity index (χ0) is 26.5. The number of amides is 1. The summed E-state index contributed by atoms with van der Waals surface area (Å²) in [7, 11) is 4.84. The Balaban J connectivity index is 1.51. The number of alkyl halides is 3. The Hall–Kier alpha value is -3.90. The maximum Gasteiger partial charge on any atom is 0.423 e. The monoisotopic (exact) mass is 515 g/mol. The number of anilines is 2. The van der Waals surface area contributed by atoms with Gasteiger partial charge in [0.25, 0.3) is 5.91 Å². The van der Waals surface area contributed by atoms with Crippen molar-refractivity contribution in [2.24, 2.45) is 0 Å². The van der Waals surface area contributed by atoms with Crippen LogP contribution in [-0.2, 0) is 17.5 Å². The highest BCUT2D eigenvalue weighted by atomic mass is 19.4. The molecule has 3 aromatic rings. The molecule has 2 aromatic carbocycles. The van der Waals surface area contributed by atoms with E-state index >= 15 is 0 Å². The van der Waals surface area contributed by atoms with E-state index in [4.69, 9.17) is 14.2 Å². The summed E-state index contributed by atoms with van der Waals surface area (Å²) in [5.74, 6) is -0.557. The first kappa shape index (κ1) is 24.8. The van der Waals surface area contributed by atoms with Crippen molar-refractivity contribution in [2.45, 2.75) is 32.0 Å². The molecular weight excluding hydrogens is 491 g/mol. The molecule has 194 valence electrons. The van der Waals surface area contributed by atoms with Gasteiger partial charge in [0.2, 0.25) is 11.8 Å². The van der Waals surface area contributed by atoms with Crippen LogP contribution in [0.1, 0.15) is 38.7 Å². The number of hydrogen-bond donors (Lipinski definition) is 2. The lowest BCUT2D eigenvalue weighted by atomic mass is 9.99. The van der Waals surface area contributed by atoms with E-state index in [2.05, 4.69) is 20.6 Å². The average Bonchev–Trinajstić information content (AvgIpc) is 3.65. The molecule has 9 nitrogen and oxygen atoms in total. The van der Waals surface area contributed by atoms with Gasteiger partial charge in [0, 0.05) is 30.9 Å². The first-order valence-electron chi connectivity index (χ1n) is 11.4. The van der Waals surface area contributed by atoms with Crippen LogP contribution >= 0.6 is 0 Å². The molecule has 5 rings (SSSR count). The van der Waals surface area contributed by atoms with E-state index in [0.29, 0.717) is 35.1 Å². The number of epoxide rings is 1. The van der Waals surface area contributed by atoms with Crippen LogP contribution in [0.5, 0.6) is 17.4 Å². The van der Waals surface area contributed by atoms with Gasteiger partial charge in [0.15, 0.2) is 0 Å². The summed E-state index contributed by atoms with van der Waals surface area (Å²) < 4.78 is 58.4. The average molecular weight is 515 g/mol. The Labute approximate surface area is 210 Å². The minimum absolute atomic E-state index is 0.129. The summed E-state index contributed by atoms with van der Waals surface area (Å²) in [6.07, 6.45) is -4.48. The number of halogens is 3. The van der Waals surface area contributed by atoms with Crippen LogP contribution in [0, 0.1) is 6.92 Å². The van der Waals surface area contributed by atoms with Crippen LogP contribution in [0.2, 0.25) is 0 Å². The molecule has 12 heteroatoms. The van der Waals surface area contributed by atoms with Crippen molar-refractivity contribution in [3.05, 3.63) is 64.3 Å². The molecule has 2 aliphatic rings. The number of carbonyl (C=O) groups excluding carboxylic acids is 1. The van der Waals surface area contributed by atoms with Crippen LogP contribution in [0.25, 0.3) is 0 Å². The molecule has 37 heavy (non-hydrogen) atoms.